The second kappa shape index (κ2) is 15.1. The van der Waals surface area contributed by atoms with Crippen LogP contribution in [0.15, 0.2) is 241 Å². The van der Waals surface area contributed by atoms with Gasteiger partial charge in [-0.15, -0.1) is 0 Å². The molecule has 0 aliphatic rings. The normalized spacial score (nSPS) is 11.3. The number of hydrogen-bond donors (Lipinski definition) is 0. The van der Waals surface area contributed by atoms with Gasteiger partial charge in [0.15, 0.2) is 0 Å². The van der Waals surface area contributed by atoms with Crippen molar-refractivity contribution in [2.24, 2.45) is 0 Å². The fraction of sp³-hybridized carbons (Fsp3) is 0. The van der Waals surface area contributed by atoms with Gasteiger partial charge in [-0.2, -0.15) is 0 Å². The van der Waals surface area contributed by atoms with Gasteiger partial charge in [-0.1, -0.05) is 176 Å². The summed E-state index contributed by atoms with van der Waals surface area (Å²) in [5.74, 6) is 0. The smallest absolute Gasteiger partial charge is 0.135 e. The van der Waals surface area contributed by atoms with Crippen LogP contribution in [0.5, 0.6) is 0 Å². The molecule has 1 aromatic heterocycles. The van der Waals surface area contributed by atoms with Gasteiger partial charge in [-0.05, 0) is 127 Å². The van der Waals surface area contributed by atoms with Gasteiger partial charge in [0.2, 0.25) is 0 Å². The topological polar surface area (TPSA) is 16.4 Å². The van der Waals surface area contributed by atoms with E-state index in [1.165, 1.54) is 60.8 Å². The second-order valence-electron chi connectivity index (χ2n) is 15.3. The standard InChI is InChI=1S/C58H39NO/c1-2-10-40(11-3-1)41-20-22-42(23-21-41)43-24-31-50(32-25-43)59(52-35-28-46(29-36-52)54-18-9-13-45-12-4-5-16-53(45)54)51-33-26-44(27-34-51)47-14-8-15-48(38-47)49-30-37-58-56(39-49)55-17-6-7-19-57(55)60-58/h1-39H. The number of benzene rings is 10. The van der Waals surface area contributed by atoms with Gasteiger partial charge >= 0.3 is 0 Å². The van der Waals surface area contributed by atoms with Crippen LogP contribution < -0.4 is 4.90 Å². The van der Waals surface area contributed by atoms with Gasteiger partial charge in [-0.25, -0.2) is 0 Å². The number of hydrogen-bond acceptors (Lipinski definition) is 2. The molecule has 0 spiro atoms. The lowest BCUT2D eigenvalue weighted by atomic mass is 9.97. The van der Waals surface area contributed by atoms with Gasteiger partial charge in [0.05, 0.1) is 0 Å². The van der Waals surface area contributed by atoms with Gasteiger partial charge < -0.3 is 9.32 Å². The summed E-state index contributed by atoms with van der Waals surface area (Å²) in [4.78, 5) is 2.35. The quantitative estimate of drug-likeness (QED) is 0.153. The van der Waals surface area contributed by atoms with Gasteiger partial charge in [0.25, 0.3) is 0 Å². The number of nitrogens with zero attached hydrogens (tertiary/aromatic N) is 1. The Labute approximate surface area is 349 Å². The van der Waals surface area contributed by atoms with E-state index in [9.17, 15) is 0 Å². The molecule has 0 amide bonds. The van der Waals surface area contributed by atoms with Gasteiger partial charge in [-0.3, -0.25) is 0 Å². The van der Waals surface area contributed by atoms with E-state index in [1.54, 1.807) is 0 Å². The first-order valence-corrected chi connectivity index (χ1v) is 20.5. The van der Waals surface area contributed by atoms with Crippen molar-refractivity contribution in [3.63, 3.8) is 0 Å². The largest absolute Gasteiger partial charge is 0.456 e. The maximum absolute atomic E-state index is 6.11. The van der Waals surface area contributed by atoms with Crippen molar-refractivity contribution in [3.05, 3.63) is 237 Å². The Morgan fingerprint density at radius 3 is 1.33 bits per heavy atom. The molecule has 0 radical (unpaired) electrons. The van der Waals surface area contributed by atoms with E-state index in [4.69, 9.17) is 4.42 Å². The van der Waals surface area contributed by atoms with Crippen molar-refractivity contribution in [1.82, 2.24) is 0 Å². The van der Waals surface area contributed by atoms with Crippen LogP contribution in [0.1, 0.15) is 0 Å². The molecule has 0 bridgehead atoms. The Balaban J connectivity index is 0.931. The summed E-state index contributed by atoms with van der Waals surface area (Å²) in [5.41, 5.74) is 17.0. The molecule has 11 aromatic rings. The predicted octanol–water partition coefficient (Wildman–Crippen LogP) is 16.5. The van der Waals surface area contributed by atoms with E-state index in [2.05, 4.69) is 229 Å². The lowest BCUT2D eigenvalue weighted by Crippen LogP contribution is -2.09. The van der Waals surface area contributed by atoms with Crippen LogP contribution in [0, 0.1) is 0 Å². The van der Waals surface area contributed by atoms with Crippen molar-refractivity contribution in [1.29, 1.82) is 0 Å². The molecule has 2 nitrogen and oxygen atoms in total. The number of anilines is 3. The highest BCUT2D eigenvalue weighted by atomic mass is 16.3. The highest BCUT2D eigenvalue weighted by Gasteiger charge is 2.15. The third-order valence-corrected chi connectivity index (χ3v) is 11.7. The molecule has 0 fully saturated rings. The van der Waals surface area contributed by atoms with E-state index in [0.29, 0.717) is 0 Å². The SMILES string of the molecule is c1ccc(-c2ccc(-c3ccc(N(c4ccc(-c5cccc(-c6ccc7oc8ccccc8c7c6)c5)cc4)c4ccc(-c5cccc6ccccc56)cc4)cc3)cc2)cc1. The molecule has 0 aliphatic carbocycles. The highest BCUT2D eigenvalue weighted by Crippen LogP contribution is 2.40. The van der Waals surface area contributed by atoms with Crippen LogP contribution in [0.2, 0.25) is 0 Å². The van der Waals surface area contributed by atoms with Crippen LogP contribution in [-0.2, 0) is 0 Å². The van der Waals surface area contributed by atoms with Crippen LogP contribution >= 0.6 is 0 Å². The Morgan fingerprint density at radius 2 is 0.667 bits per heavy atom. The molecule has 282 valence electrons. The first-order valence-electron chi connectivity index (χ1n) is 20.5. The van der Waals surface area contributed by atoms with Gasteiger partial charge in [0.1, 0.15) is 11.2 Å². The van der Waals surface area contributed by atoms with Gasteiger partial charge in [0, 0.05) is 27.8 Å². The fourth-order valence-corrected chi connectivity index (χ4v) is 8.59. The molecule has 0 atom stereocenters. The van der Waals surface area contributed by atoms with E-state index >= 15 is 0 Å². The number of furan rings is 1. The van der Waals surface area contributed by atoms with Crippen molar-refractivity contribution >= 4 is 49.8 Å². The van der Waals surface area contributed by atoms with E-state index < -0.39 is 0 Å². The molecule has 0 aliphatic heterocycles. The first-order chi connectivity index (χ1) is 29.7. The molecule has 11 rings (SSSR count). The van der Waals surface area contributed by atoms with E-state index in [0.717, 1.165) is 44.6 Å². The Kier molecular flexibility index (Phi) is 8.87. The molecular weight excluding hydrogens is 727 g/mol. The number of fused-ring (bicyclic) bond motifs is 4. The molecule has 0 unspecified atom stereocenters. The summed E-state index contributed by atoms with van der Waals surface area (Å²) in [6, 6.07) is 84.9. The summed E-state index contributed by atoms with van der Waals surface area (Å²) in [5, 5.41) is 4.78. The van der Waals surface area contributed by atoms with Crippen LogP contribution in [-0.4, -0.2) is 0 Å². The number of rotatable bonds is 8. The summed E-state index contributed by atoms with van der Waals surface area (Å²) in [7, 11) is 0. The predicted molar refractivity (Wildman–Crippen MR) is 253 cm³/mol. The van der Waals surface area contributed by atoms with Crippen molar-refractivity contribution in [3.8, 4) is 55.6 Å². The third-order valence-electron chi connectivity index (χ3n) is 11.7. The fourth-order valence-electron chi connectivity index (χ4n) is 8.59. The minimum Gasteiger partial charge on any atom is -0.456 e. The molecule has 2 heteroatoms. The summed E-state index contributed by atoms with van der Waals surface area (Å²) in [6.45, 7) is 0. The lowest BCUT2D eigenvalue weighted by molar-refractivity contribution is 0.669. The average Bonchev–Trinajstić information content (AvgIpc) is 3.71. The molecule has 0 saturated carbocycles. The first kappa shape index (κ1) is 35.2. The molecule has 0 N–H and O–H groups in total. The Morgan fingerprint density at radius 1 is 0.250 bits per heavy atom. The maximum Gasteiger partial charge on any atom is 0.135 e. The Hall–Kier alpha value is -7.94. The zero-order valence-corrected chi connectivity index (χ0v) is 32.9. The monoisotopic (exact) mass is 765 g/mol. The van der Waals surface area contributed by atoms with Crippen molar-refractivity contribution < 1.29 is 4.42 Å². The van der Waals surface area contributed by atoms with Crippen LogP contribution in [0.25, 0.3) is 88.3 Å². The minimum absolute atomic E-state index is 0.909. The summed E-state index contributed by atoms with van der Waals surface area (Å²) in [6.07, 6.45) is 0. The molecule has 0 saturated heterocycles. The summed E-state index contributed by atoms with van der Waals surface area (Å²) < 4.78 is 6.11. The zero-order chi connectivity index (χ0) is 39.8. The highest BCUT2D eigenvalue weighted by molar-refractivity contribution is 6.06. The number of para-hydroxylation sites is 1. The lowest BCUT2D eigenvalue weighted by Gasteiger charge is -2.26. The second-order valence-corrected chi connectivity index (χ2v) is 15.3. The minimum atomic E-state index is 0.909. The van der Waals surface area contributed by atoms with Crippen LogP contribution in [0.4, 0.5) is 17.1 Å². The molecule has 10 aromatic carbocycles. The molecule has 60 heavy (non-hydrogen) atoms. The molecular formula is C58H39NO. The Bertz CT molecular complexity index is 3270. The zero-order valence-electron chi connectivity index (χ0n) is 32.9. The van der Waals surface area contributed by atoms with Crippen molar-refractivity contribution in [2.45, 2.75) is 0 Å². The van der Waals surface area contributed by atoms with Crippen molar-refractivity contribution in [2.75, 3.05) is 4.90 Å². The van der Waals surface area contributed by atoms with E-state index in [1.807, 2.05) is 12.1 Å². The van der Waals surface area contributed by atoms with E-state index in [-0.39, 0.29) is 0 Å². The van der Waals surface area contributed by atoms with Crippen LogP contribution in [0.3, 0.4) is 0 Å². The summed E-state index contributed by atoms with van der Waals surface area (Å²) >= 11 is 0. The molecule has 1 heterocycles. The third kappa shape index (κ3) is 6.61. The average molecular weight is 766 g/mol. The maximum atomic E-state index is 6.11.